The van der Waals surface area contributed by atoms with Crippen LogP contribution in [0.1, 0.15) is 11.1 Å². The number of piperazine rings is 1. The molecule has 1 fully saturated rings. The number of rotatable bonds is 4. The Morgan fingerprint density at radius 2 is 1.74 bits per heavy atom. The Labute approximate surface area is 110 Å². The molecule has 6 nitrogen and oxygen atoms in total. The number of benzene rings is 1. The minimum atomic E-state index is -0.903. The van der Waals surface area contributed by atoms with Gasteiger partial charge >= 0.3 is 5.97 Å². The van der Waals surface area contributed by atoms with E-state index in [1.807, 2.05) is 12.1 Å². The van der Waals surface area contributed by atoms with Gasteiger partial charge in [-0.15, -0.1) is 0 Å². The van der Waals surface area contributed by atoms with Crippen LogP contribution < -0.4 is 5.32 Å². The summed E-state index contributed by atoms with van der Waals surface area (Å²) in [5.41, 5.74) is 1.53. The fourth-order valence-electron chi connectivity index (χ4n) is 2.10. The van der Waals surface area contributed by atoms with Crippen LogP contribution in [0.3, 0.4) is 0 Å². The van der Waals surface area contributed by atoms with Crippen LogP contribution in [-0.2, 0) is 27.3 Å². The van der Waals surface area contributed by atoms with E-state index in [2.05, 4.69) is 5.32 Å². The number of carboxylic acids is 1. The second kappa shape index (κ2) is 5.62. The zero-order chi connectivity index (χ0) is 13.8. The summed E-state index contributed by atoms with van der Waals surface area (Å²) in [6.07, 6.45) is -0.0653. The smallest absolute Gasteiger partial charge is 0.307 e. The Morgan fingerprint density at radius 3 is 2.32 bits per heavy atom. The molecule has 6 heteroatoms. The molecule has 2 N–H and O–H groups in total. The second-order valence-electron chi connectivity index (χ2n) is 4.46. The first-order valence-electron chi connectivity index (χ1n) is 5.88. The molecule has 0 spiro atoms. The number of nitrogens with zero attached hydrogens (tertiary/aromatic N) is 1. The number of aliphatic carboxylic acids is 1. The average molecular weight is 262 g/mol. The molecule has 1 aromatic rings. The Bertz CT molecular complexity index is 511. The highest BCUT2D eigenvalue weighted by molar-refractivity contribution is 5.99. The van der Waals surface area contributed by atoms with Gasteiger partial charge in [0.25, 0.3) is 0 Å². The van der Waals surface area contributed by atoms with E-state index in [9.17, 15) is 14.4 Å². The minimum Gasteiger partial charge on any atom is -0.481 e. The third-order valence-electron chi connectivity index (χ3n) is 2.87. The van der Waals surface area contributed by atoms with E-state index in [1.54, 1.807) is 17.0 Å². The first-order valence-corrected chi connectivity index (χ1v) is 5.88. The van der Waals surface area contributed by atoms with Gasteiger partial charge in [-0.25, -0.2) is 0 Å². The number of imide groups is 1. The van der Waals surface area contributed by atoms with Crippen LogP contribution in [0.25, 0.3) is 0 Å². The van der Waals surface area contributed by atoms with Crippen LogP contribution in [0.2, 0.25) is 0 Å². The third-order valence-corrected chi connectivity index (χ3v) is 2.87. The van der Waals surface area contributed by atoms with Gasteiger partial charge in [0.05, 0.1) is 19.5 Å². The molecule has 2 amide bonds. The zero-order valence-electron chi connectivity index (χ0n) is 10.3. The van der Waals surface area contributed by atoms with Gasteiger partial charge in [-0.05, 0) is 11.1 Å². The third kappa shape index (κ3) is 3.62. The van der Waals surface area contributed by atoms with Gasteiger partial charge in [-0.3, -0.25) is 24.6 Å². The van der Waals surface area contributed by atoms with E-state index in [1.165, 1.54) is 0 Å². The Balaban J connectivity index is 2.12. The minimum absolute atomic E-state index is 0.0653. The summed E-state index contributed by atoms with van der Waals surface area (Å²) in [6, 6.07) is 7.15. The molecule has 0 radical (unpaired) electrons. The molecule has 0 unspecified atom stereocenters. The number of carbonyl (C=O) groups excluding carboxylic acids is 2. The van der Waals surface area contributed by atoms with Crippen molar-refractivity contribution in [3.8, 4) is 0 Å². The largest absolute Gasteiger partial charge is 0.481 e. The monoisotopic (exact) mass is 262 g/mol. The second-order valence-corrected chi connectivity index (χ2v) is 4.46. The van der Waals surface area contributed by atoms with Gasteiger partial charge < -0.3 is 5.11 Å². The predicted octanol–water partition coefficient (Wildman–Crippen LogP) is -0.228. The maximum absolute atomic E-state index is 11.3. The lowest BCUT2D eigenvalue weighted by Gasteiger charge is -2.25. The molecule has 1 aromatic carbocycles. The zero-order valence-corrected chi connectivity index (χ0v) is 10.3. The van der Waals surface area contributed by atoms with Gasteiger partial charge in [0.2, 0.25) is 11.8 Å². The van der Waals surface area contributed by atoms with E-state index < -0.39 is 5.97 Å². The highest BCUT2D eigenvalue weighted by Gasteiger charge is 2.23. The highest BCUT2D eigenvalue weighted by Crippen LogP contribution is 2.13. The molecule has 2 rings (SSSR count). The first kappa shape index (κ1) is 13.2. The molecule has 0 atom stereocenters. The van der Waals surface area contributed by atoms with Crippen LogP contribution in [0.15, 0.2) is 24.3 Å². The van der Waals surface area contributed by atoms with Gasteiger partial charge in [0.15, 0.2) is 0 Å². The standard InChI is InChI=1S/C13H14N2O4/c16-11-7-15(8-12(17)14-11)6-10-4-2-1-3-9(10)5-13(18)19/h1-4H,5-8H2,(H,18,19)(H,14,16,17). The lowest BCUT2D eigenvalue weighted by Crippen LogP contribution is -2.50. The molecule has 19 heavy (non-hydrogen) atoms. The average Bonchev–Trinajstić information content (AvgIpc) is 2.29. The number of carbonyl (C=O) groups is 3. The van der Waals surface area contributed by atoms with E-state index >= 15 is 0 Å². The van der Waals surface area contributed by atoms with E-state index in [-0.39, 0.29) is 31.3 Å². The molecule has 0 aliphatic carbocycles. The van der Waals surface area contributed by atoms with E-state index in [4.69, 9.17) is 5.11 Å². The molecule has 1 aliphatic heterocycles. The normalized spacial score (nSPS) is 16.2. The van der Waals surface area contributed by atoms with Crippen molar-refractivity contribution < 1.29 is 19.5 Å². The van der Waals surface area contributed by atoms with Crippen LogP contribution in [0, 0.1) is 0 Å². The maximum atomic E-state index is 11.3. The molecular formula is C13H14N2O4. The van der Waals surface area contributed by atoms with Crippen molar-refractivity contribution in [1.29, 1.82) is 0 Å². The summed E-state index contributed by atoms with van der Waals surface area (Å²) in [5, 5.41) is 11.1. The van der Waals surface area contributed by atoms with Crippen molar-refractivity contribution in [2.75, 3.05) is 13.1 Å². The summed E-state index contributed by atoms with van der Waals surface area (Å²) in [7, 11) is 0. The summed E-state index contributed by atoms with van der Waals surface area (Å²) >= 11 is 0. The summed E-state index contributed by atoms with van der Waals surface area (Å²) in [4.78, 5) is 35.0. The lowest BCUT2D eigenvalue weighted by atomic mass is 10.0. The van der Waals surface area contributed by atoms with Crippen LogP contribution in [0.4, 0.5) is 0 Å². The number of amides is 2. The van der Waals surface area contributed by atoms with Gasteiger partial charge in [-0.2, -0.15) is 0 Å². The number of carboxylic acid groups (broad SMARTS) is 1. The Hall–Kier alpha value is -2.21. The highest BCUT2D eigenvalue weighted by atomic mass is 16.4. The Kier molecular flexibility index (Phi) is 3.91. The van der Waals surface area contributed by atoms with Crippen molar-refractivity contribution in [3.05, 3.63) is 35.4 Å². The fraction of sp³-hybridized carbons (Fsp3) is 0.308. The van der Waals surface area contributed by atoms with Gasteiger partial charge in [0, 0.05) is 6.54 Å². The van der Waals surface area contributed by atoms with Crippen molar-refractivity contribution in [2.24, 2.45) is 0 Å². The molecule has 1 saturated heterocycles. The summed E-state index contributed by atoms with van der Waals surface area (Å²) < 4.78 is 0. The van der Waals surface area contributed by atoms with Crippen LogP contribution in [-0.4, -0.2) is 40.9 Å². The van der Waals surface area contributed by atoms with E-state index in [0.29, 0.717) is 12.1 Å². The molecule has 1 aliphatic rings. The summed E-state index contributed by atoms with van der Waals surface area (Å²) in [6.45, 7) is 0.683. The maximum Gasteiger partial charge on any atom is 0.307 e. The number of hydrogen-bond donors (Lipinski definition) is 2. The van der Waals surface area contributed by atoms with Gasteiger partial charge in [-0.1, -0.05) is 24.3 Å². The predicted molar refractivity (Wildman–Crippen MR) is 66.2 cm³/mol. The molecular weight excluding hydrogens is 248 g/mol. The Morgan fingerprint density at radius 1 is 1.16 bits per heavy atom. The van der Waals surface area contributed by atoms with Gasteiger partial charge in [0.1, 0.15) is 0 Å². The fourth-order valence-corrected chi connectivity index (χ4v) is 2.10. The van der Waals surface area contributed by atoms with Crippen molar-refractivity contribution in [3.63, 3.8) is 0 Å². The van der Waals surface area contributed by atoms with Crippen LogP contribution in [0.5, 0.6) is 0 Å². The lowest BCUT2D eigenvalue weighted by molar-refractivity contribution is -0.137. The quantitative estimate of drug-likeness (QED) is 0.732. The topological polar surface area (TPSA) is 86.7 Å². The molecule has 100 valence electrons. The van der Waals surface area contributed by atoms with Crippen molar-refractivity contribution in [1.82, 2.24) is 10.2 Å². The van der Waals surface area contributed by atoms with Crippen LogP contribution >= 0.6 is 0 Å². The SMILES string of the molecule is O=C(O)Cc1ccccc1CN1CC(=O)NC(=O)C1. The van der Waals surface area contributed by atoms with E-state index in [0.717, 1.165) is 5.56 Å². The molecule has 0 bridgehead atoms. The van der Waals surface area contributed by atoms with Crippen molar-refractivity contribution in [2.45, 2.75) is 13.0 Å². The molecule has 0 aromatic heterocycles. The summed E-state index contributed by atoms with van der Waals surface area (Å²) in [5.74, 6) is -1.56. The molecule has 0 saturated carbocycles. The molecule has 1 heterocycles. The number of nitrogens with one attached hydrogen (secondary N) is 1. The first-order chi connectivity index (χ1) is 9.04. The van der Waals surface area contributed by atoms with Crippen molar-refractivity contribution >= 4 is 17.8 Å². The number of hydrogen-bond acceptors (Lipinski definition) is 4.